The molecule has 0 aliphatic rings. The number of halogens is 1. The van der Waals surface area contributed by atoms with Crippen LogP contribution in [0, 0.1) is 6.92 Å². The first-order chi connectivity index (χ1) is 8.85. The van der Waals surface area contributed by atoms with Gasteiger partial charge in [-0.3, -0.25) is 9.59 Å². The molecule has 1 N–H and O–H groups in total. The predicted molar refractivity (Wildman–Crippen MR) is 72.6 cm³/mol. The summed E-state index contributed by atoms with van der Waals surface area (Å²) in [5.74, 6) is -0.504. The van der Waals surface area contributed by atoms with Gasteiger partial charge in [0.15, 0.2) is 6.10 Å². The van der Waals surface area contributed by atoms with E-state index in [4.69, 9.17) is 21.1 Å². The highest BCUT2D eigenvalue weighted by Crippen LogP contribution is 2.31. The lowest BCUT2D eigenvalue weighted by Gasteiger charge is -2.15. The Kier molecular flexibility index (Phi) is 5.18. The Labute approximate surface area is 116 Å². The van der Waals surface area contributed by atoms with Gasteiger partial charge in [0.1, 0.15) is 5.75 Å². The van der Waals surface area contributed by atoms with Crippen LogP contribution in [-0.4, -0.2) is 25.1 Å². The first kappa shape index (κ1) is 15.3. The number of hydrogen-bond donors (Lipinski definition) is 1. The van der Waals surface area contributed by atoms with E-state index in [1.165, 1.54) is 21.0 Å². The summed E-state index contributed by atoms with van der Waals surface area (Å²) >= 11 is 5.97. The number of methoxy groups -OCH3 is 1. The van der Waals surface area contributed by atoms with Crippen LogP contribution in [0.15, 0.2) is 12.1 Å². The normalized spacial score (nSPS) is 11.6. The molecule has 0 saturated heterocycles. The standard InChI is InChI=1S/C13H16ClNO4/c1-7-5-11(12(18-4)6-10(7)14)15-13(17)8(2)19-9(3)16/h5-6,8H,1-4H3,(H,15,17)/t8-/m0/s1. The summed E-state index contributed by atoms with van der Waals surface area (Å²) in [6, 6.07) is 3.31. The van der Waals surface area contributed by atoms with E-state index in [0.29, 0.717) is 16.5 Å². The summed E-state index contributed by atoms with van der Waals surface area (Å²) in [6.45, 7) is 4.55. The van der Waals surface area contributed by atoms with Crippen molar-refractivity contribution in [2.45, 2.75) is 26.9 Å². The molecule has 1 aromatic carbocycles. The average molecular weight is 286 g/mol. The quantitative estimate of drug-likeness (QED) is 0.864. The molecule has 0 saturated carbocycles. The summed E-state index contributed by atoms with van der Waals surface area (Å²) in [4.78, 5) is 22.6. The lowest BCUT2D eigenvalue weighted by molar-refractivity contribution is -0.150. The highest BCUT2D eigenvalue weighted by molar-refractivity contribution is 6.31. The molecule has 0 spiro atoms. The summed E-state index contributed by atoms with van der Waals surface area (Å²) in [5, 5.41) is 3.18. The van der Waals surface area contributed by atoms with Crippen LogP contribution < -0.4 is 10.1 Å². The molecule has 0 unspecified atom stereocenters. The maximum atomic E-state index is 11.8. The van der Waals surface area contributed by atoms with E-state index in [2.05, 4.69) is 5.32 Å². The SMILES string of the molecule is COc1cc(Cl)c(C)cc1NC(=O)[C@H](C)OC(C)=O. The van der Waals surface area contributed by atoms with Gasteiger partial charge in [-0.1, -0.05) is 11.6 Å². The lowest BCUT2D eigenvalue weighted by atomic mass is 10.2. The molecule has 0 fully saturated rings. The Balaban J connectivity index is 2.90. The molecular weight excluding hydrogens is 270 g/mol. The highest BCUT2D eigenvalue weighted by Gasteiger charge is 2.18. The van der Waals surface area contributed by atoms with Crippen molar-refractivity contribution in [1.82, 2.24) is 0 Å². The monoisotopic (exact) mass is 285 g/mol. The van der Waals surface area contributed by atoms with Crippen LogP contribution in [0.4, 0.5) is 5.69 Å². The van der Waals surface area contributed by atoms with Crippen molar-refractivity contribution in [3.8, 4) is 5.75 Å². The zero-order valence-electron chi connectivity index (χ0n) is 11.2. The van der Waals surface area contributed by atoms with Crippen molar-refractivity contribution in [1.29, 1.82) is 0 Å². The number of esters is 1. The molecule has 0 bridgehead atoms. The van der Waals surface area contributed by atoms with Crippen LogP contribution in [0.2, 0.25) is 5.02 Å². The van der Waals surface area contributed by atoms with Crippen molar-refractivity contribution in [3.05, 3.63) is 22.7 Å². The third kappa shape index (κ3) is 4.13. The van der Waals surface area contributed by atoms with Gasteiger partial charge in [0.2, 0.25) is 0 Å². The van der Waals surface area contributed by atoms with Crippen LogP contribution in [0.1, 0.15) is 19.4 Å². The number of carbonyl (C=O) groups excluding carboxylic acids is 2. The van der Waals surface area contributed by atoms with Crippen LogP contribution in [0.25, 0.3) is 0 Å². The van der Waals surface area contributed by atoms with E-state index in [1.807, 2.05) is 6.92 Å². The van der Waals surface area contributed by atoms with Gasteiger partial charge in [0.25, 0.3) is 5.91 Å². The molecular formula is C13H16ClNO4. The van der Waals surface area contributed by atoms with Crippen molar-refractivity contribution in [3.63, 3.8) is 0 Å². The number of hydrogen-bond acceptors (Lipinski definition) is 4. The third-order valence-electron chi connectivity index (χ3n) is 2.45. The van der Waals surface area contributed by atoms with E-state index < -0.39 is 18.0 Å². The van der Waals surface area contributed by atoms with Crippen LogP contribution in [0.5, 0.6) is 5.75 Å². The molecule has 6 heteroatoms. The first-order valence-corrected chi connectivity index (χ1v) is 6.05. The fraction of sp³-hybridized carbons (Fsp3) is 0.385. The van der Waals surface area contributed by atoms with Gasteiger partial charge in [-0.25, -0.2) is 0 Å². The number of aryl methyl sites for hydroxylation is 1. The van der Waals surface area contributed by atoms with Crippen molar-refractivity contribution in [2.75, 3.05) is 12.4 Å². The van der Waals surface area contributed by atoms with Crippen molar-refractivity contribution in [2.24, 2.45) is 0 Å². The number of amides is 1. The summed E-state index contributed by atoms with van der Waals surface area (Å²) in [6.07, 6.45) is -0.877. The van der Waals surface area contributed by atoms with Gasteiger partial charge in [-0.2, -0.15) is 0 Å². The molecule has 1 aromatic rings. The molecule has 1 rings (SSSR count). The number of carbonyl (C=O) groups is 2. The minimum Gasteiger partial charge on any atom is -0.495 e. The first-order valence-electron chi connectivity index (χ1n) is 5.67. The Hall–Kier alpha value is -1.75. The van der Waals surface area contributed by atoms with Gasteiger partial charge in [0, 0.05) is 18.0 Å². The Morgan fingerprint density at radius 2 is 2.00 bits per heavy atom. The van der Waals surface area contributed by atoms with Crippen LogP contribution in [0.3, 0.4) is 0 Å². The number of rotatable bonds is 4. The maximum absolute atomic E-state index is 11.8. The van der Waals surface area contributed by atoms with Crippen LogP contribution in [-0.2, 0) is 14.3 Å². The van der Waals surface area contributed by atoms with Gasteiger partial charge >= 0.3 is 5.97 Å². The van der Waals surface area contributed by atoms with Crippen LogP contribution >= 0.6 is 11.6 Å². The highest BCUT2D eigenvalue weighted by atomic mass is 35.5. The second kappa shape index (κ2) is 6.43. The van der Waals surface area contributed by atoms with Gasteiger partial charge in [-0.15, -0.1) is 0 Å². The molecule has 104 valence electrons. The Bertz CT molecular complexity index is 502. The molecule has 0 aliphatic carbocycles. The Morgan fingerprint density at radius 1 is 1.37 bits per heavy atom. The fourth-order valence-corrected chi connectivity index (χ4v) is 1.62. The molecule has 1 atom stereocenters. The van der Waals surface area contributed by atoms with E-state index in [9.17, 15) is 9.59 Å². The number of ether oxygens (including phenoxy) is 2. The molecule has 0 aromatic heterocycles. The molecule has 1 amide bonds. The second-order valence-electron chi connectivity index (χ2n) is 4.04. The molecule has 0 radical (unpaired) electrons. The minimum absolute atomic E-state index is 0.435. The van der Waals surface area contributed by atoms with Gasteiger partial charge in [0.05, 0.1) is 12.8 Å². The zero-order valence-corrected chi connectivity index (χ0v) is 12.0. The van der Waals surface area contributed by atoms with E-state index in [0.717, 1.165) is 5.56 Å². The van der Waals surface area contributed by atoms with Gasteiger partial charge in [-0.05, 0) is 25.5 Å². The second-order valence-corrected chi connectivity index (χ2v) is 4.45. The van der Waals surface area contributed by atoms with E-state index >= 15 is 0 Å². The summed E-state index contributed by atoms with van der Waals surface area (Å²) in [7, 11) is 1.48. The summed E-state index contributed by atoms with van der Waals surface area (Å²) < 4.78 is 9.93. The lowest BCUT2D eigenvalue weighted by Crippen LogP contribution is -2.29. The number of benzene rings is 1. The van der Waals surface area contributed by atoms with E-state index in [1.54, 1.807) is 12.1 Å². The van der Waals surface area contributed by atoms with Gasteiger partial charge < -0.3 is 14.8 Å². The predicted octanol–water partition coefficient (Wildman–Crippen LogP) is 2.55. The molecule has 19 heavy (non-hydrogen) atoms. The van der Waals surface area contributed by atoms with Crippen molar-refractivity contribution < 1.29 is 19.1 Å². The largest absolute Gasteiger partial charge is 0.495 e. The fourth-order valence-electron chi connectivity index (χ4n) is 1.47. The zero-order chi connectivity index (χ0) is 14.6. The Morgan fingerprint density at radius 3 is 2.53 bits per heavy atom. The molecule has 0 aliphatic heterocycles. The van der Waals surface area contributed by atoms with E-state index in [-0.39, 0.29) is 0 Å². The smallest absolute Gasteiger partial charge is 0.303 e. The topological polar surface area (TPSA) is 64.6 Å². The van der Waals surface area contributed by atoms with Crippen molar-refractivity contribution >= 4 is 29.2 Å². The summed E-state index contributed by atoms with van der Waals surface area (Å²) in [5.41, 5.74) is 1.28. The maximum Gasteiger partial charge on any atom is 0.303 e. The number of anilines is 1. The number of nitrogens with one attached hydrogen (secondary N) is 1. The molecule has 5 nitrogen and oxygen atoms in total. The average Bonchev–Trinajstić information content (AvgIpc) is 2.32. The third-order valence-corrected chi connectivity index (χ3v) is 2.86. The minimum atomic E-state index is -0.877. The molecule has 0 heterocycles.